The molecule has 0 spiro atoms. The van der Waals surface area contributed by atoms with Crippen molar-refractivity contribution in [3.8, 4) is 5.69 Å². The summed E-state index contributed by atoms with van der Waals surface area (Å²) in [5.41, 5.74) is 1.12. The third-order valence-corrected chi connectivity index (χ3v) is 6.22. The lowest BCUT2D eigenvalue weighted by Gasteiger charge is -2.34. The predicted molar refractivity (Wildman–Crippen MR) is 127 cm³/mol. The van der Waals surface area contributed by atoms with Gasteiger partial charge in [-0.2, -0.15) is 5.10 Å². The summed E-state index contributed by atoms with van der Waals surface area (Å²) in [5.74, 6) is 0.283. The fourth-order valence-corrected chi connectivity index (χ4v) is 4.06. The molecule has 1 aliphatic heterocycles. The average Bonchev–Trinajstić information content (AvgIpc) is 3.62. The maximum atomic E-state index is 12.9. The van der Waals surface area contributed by atoms with Gasteiger partial charge in [0.15, 0.2) is 17.4 Å². The Kier molecular flexibility index (Phi) is 4.38. The number of nitrogens with zero attached hydrogens (tertiary/aromatic N) is 6. The van der Waals surface area contributed by atoms with Gasteiger partial charge < -0.3 is 15.5 Å². The number of carbonyl (C=O) groups is 2. The van der Waals surface area contributed by atoms with Crippen molar-refractivity contribution in [3.63, 3.8) is 0 Å². The number of amides is 1. The molecule has 11 nitrogen and oxygen atoms in total. The number of aromatic nitrogens is 5. The Labute approximate surface area is 200 Å². The van der Waals surface area contributed by atoms with E-state index in [1.165, 1.54) is 27.7 Å². The fourth-order valence-electron chi connectivity index (χ4n) is 4.06. The highest BCUT2D eigenvalue weighted by Gasteiger charge is 2.33. The Morgan fingerprint density at radius 2 is 2.06 bits per heavy atom. The minimum Gasteiger partial charge on any atom is -0.360 e. The van der Waals surface area contributed by atoms with Gasteiger partial charge in [0.2, 0.25) is 5.91 Å². The van der Waals surface area contributed by atoms with Crippen LogP contribution in [0.15, 0.2) is 29.3 Å². The van der Waals surface area contributed by atoms with E-state index in [4.69, 9.17) is 4.11 Å². The first-order chi connectivity index (χ1) is 17.4. The molecule has 0 radical (unpaired) electrons. The van der Waals surface area contributed by atoms with Gasteiger partial charge in [-0.3, -0.25) is 9.59 Å². The summed E-state index contributed by atoms with van der Waals surface area (Å²) in [7, 11) is 3.42. The SMILES string of the molecule is [2H]C([2H])([2H])CC(=O)c1cnc(NC(=O)C2CC2)cc1Nc1nccc2c1N(C)[C@@H](C)c1nn(C)c(=O)n1-2. The molecule has 0 unspecified atom stereocenters. The molecule has 4 heterocycles. The van der Waals surface area contributed by atoms with Crippen molar-refractivity contribution in [2.75, 3.05) is 22.6 Å². The average molecular weight is 466 g/mol. The normalized spacial score (nSPS) is 18.3. The van der Waals surface area contributed by atoms with Gasteiger partial charge in [-0.15, -0.1) is 0 Å². The molecule has 5 rings (SSSR count). The Morgan fingerprint density at radius 1 is 1.26 bits per heavy atom. The number of rotatable bonds is 6. The van der Waals surface area contributed by atoms with Crippen LogP contribution in [-0.4, -0.2) is 43.1 Å². The van der Waals surface area contributed by atoms with Crippen LogP contribution >= 0.6 is 0 Å². The van der Waals surface area contributed by atoms with Crippen LogP contribution in [0.25, 0.3) is 5.69 Å². The van der Waals surface area contributed by atoms with E-state index in [9.17, 15) is 14.4 Å². The molecule has 0 aromatic carbocycles. The predicted octanol–water partition coefficient (Wildman–Crippen LogP) is 2.56. The van der Waals surface area contributed by atoms with Crippen LogP contribution < -0.4 is 21.2 Å². The second-order valence-electron chi connectivity index (χ2n) is 8.52. The number of hydrogen-bond acceptors (Lipinski definition) is 8. The maximum Gasteiger partial charge on any atom is 0.350 e. The molecular weight excluding hydrogens is 436 g/mol. The van der Waals surface area contributed by atoms with Crippen molar-refractivity contribution in [2.24, 2.45) is 13.0 Å². The second kappa shape index (κ2) is 8.08. The third-order valence-electron chi connectivity index (χ3n) is 6.22. The lowest BCUT2D eigenvalue weighted by molar-refractivity contribution is -0.117. The van der Waals surface area contributed by atoms with E-state index < -0.39 is 19.1 Å². The minimum absolute atomic E-state index is 0.0469. The van der Waals surface area contributed by atoms with Gasteiger partial charge in [-0.25, -0.2) is 24.0 Å². The highest BCUT2D eigenvalue weighted by molar-refractivity contribution is 6.03. The lowest BCUT2D eigenvalue weighted by Crippen LogP contribution is -2.34. The Hall–Kier alpha value is -4.02. The van der Waals surface area contributed by atoms with Gasteiger partial charge in [0, 0.05) is 49.0 Å². The summed E-state index contributed by atoms with van der Waals surface area (Å²) in [6.07, 6.45) is 3.72. The number of aryl methyl sites for hydroxylation is 1. The topological polar surface area (TPSA) is 127 Å². The summed E-state index contributed by atoms with van der Waals surface area (Å²) in [6.45, 7) is -0.563. The molecule has 1 amide bonds. The molecule has 0 saturated heterocycles. The van der Waals surface area contributed by atoms with Gasteiger partial charge in [0.1, 0.15) is 11.5 Å². The molecule has 176 valence electrons. The molecule has 11 heteroatoms. The Morgan fingerprint density at radius 3 is 2.79 bits per heavy atom. The van der Waals surface area contributed by atoms with Crippen molar-refractivity contribution < 1.29 is 13.7 Å². The van der Waals surface area contributed by atoms with Crippen molar-refractivity contribution in [3.05, 3.63) is 46.4 Å². The zero-order chi connectivity index (χ0) is 26.6. The molecule has 3 aromatic heterocycles. The molecule has 2 N–H and O–H groups in total. The summed E-state index contributed by atoms with van der Waals surface area (Å²) in [4.78, 5) is 48.6. The molecule has 34 heavy (non-hydrogen) atoms. The van der Waals surface area contributed by atoms with Crippen LogP contribution in [0.2, 0.25) is 0 Å². The van der Waals surface area contributed by atoms with E-state index in [0.717, 1.165) is 12.8 Å². The standard InChI is InChI=1S/C23H26N8O3/c1-5-17(32)14-11-25-18(27-22(33)13-6-7-13)10-15(14)26-20-19-16(8-9-24-20)31-21(12(2)29(19)3)28-30(4)23(31)34/h8-13H,5-7H2,1-4H3,(H2,24,25,26,27,33)/t12-/m0/s1/i1D3. The monoisotopic (exact) mass is 465 g/mol. The van der Waals surface area contributed by atoms with Crippen molar-refractivity contribution in [2.45, 2.75) is 39.1 Å². The van der Waals surface area contributed by atoms with Gasteiger partial charge in [0.05, 0.1) is 23.0 Å². The van der Waals surface area contributed by atoms with E-state index in [2.05, 4.69) is 25.7 Å². The van der Waals surface area contributed by atoms with Crippen molar-refractivity contribution in [1.82, 2.24) is 24.3 Å². The molecule has 1 atom stereocenters. The van der Waals surface area contributed by atoms with Gasteiger partial charge in [-0.05, 0) is 25.8 Å². The van der Waals surface area contributed by atoms with Crippen LogP contribution in [-0.2, 0) is 11.8 Å². The number of nitrogens with one attached hydrogen (secondary N) is 2. The number of fused-ring (bicyclic) bond motifs is 3. The number of pyridine rings is 2. The highest BCUT2D eigenvalue weighted by Crippen LogP contribution is 2.41. The van der Waals surface area contributed by atoms with Crippen LogP contribution in [0.5, 0.6) is 0 Å². The lowest BCUT2D eigenvalue weighted by atomic mass is 10.1. The molecular formula is C23H26N8O3. The number of ketones is 1. The largest absolute Gasteiger partial charge is 0.360 e. The number of hydrogen-bond donors (Lipinski definition) is 2. The zero-order valence-electron chi connectivity index (χ0n) is 22.0. The zero-order valence-corrected chi connectivity index (χ0v) is 19.0. The van der Waals surface area contributed by atoms with E-state index in [1.807, 2.05) is 18.9 Å². The van der Waals surface area contributed by atoms with E-state index in [-0.39, 0.29) is 40.6 Å². The van der Waals surface area contributed by atoms with Crippen LogP contribution in [0.1, 0.15) is 59.4 Å². The van der Waals surface area contributed by atoms with Crippen LogP contribution in [0.4, 0.5) is 23.0 Å². The summed E-state index contributed by atoms with van der Waals surface area (Å²) in [5, 5.41) is 10.3. The molecule has 0 bridgehead atoms. The number of carbonyl (C=O) groups excluding carboxylic acids is 2. The van der Waals surface area contributed by atoms with Crippen molar-refractivity contribution in [1.29, 1.82) is 0 Å². The fraction of sp³-hybridized carbons (Fsp3) is 0.391. The number of anilines is 4. The highest BCUT2D eigenvalue weighted by atomic mass is 16.2. The van der Waals surface area contributed by atoms with E-state index >= 15 is 0 Å². The smallest absolute Gasteiger partial charge is 0.350 e. The maximum absolute atomic E-state index is 12.9. The van der Waals surface area contributed by atoms with Crippen molar-refractivity contribution >= 4 is 34.7 Å². The molecule has 3 aromatic rings. The van der Waals surface area contributed by atoms with Gasteiger partial charge in [0.25, 0.3) is 0 Å². The third kappa shape index (κ3) is 3.53. The Balaban J connectivity index is 1.59. The van der Waals surface area contributed by atoms with Crippen LogP contribution in [0, 0.1) is 5.92 Å². The Bertz CT molecular complexity index is 1470. The minimum atomic E-state index is -2.47. The van der Waals surface area contributed by atoms with E-state index in [1.54, 1.807) is 13.1 Å². The molecule has 1 aliphatic carbocycles. The molecule has 1 saturated carbocycles. The van der Waals surface area contributed by atoms with Gasteiger partial charge >= 0.3 is 5.69 Å². The number of Topliss-reactive ketones (excluding diaryl/α,β-unsaturated/α-hetero) is 1. The van der Waals surface area contributed by atoms with Crippen LogP contribution in [0.3, 0.4) is 0 Å². The summed E-state index contributed by atoms with van der Waals surface area (Å²) >= 11 is 0. The molecule has 2 aliphatic rings. The first-order valence-corrected chi connectivity index (χ1v) is 10.9. The summed E-state index contributed by atoms with van der Waals surface area (Å²) in [6, 6.07) is 2.92. The van der Waals surface area contributed by atoms with Gasteiger partial charge in [-0.1, -0.05) is 6.85 Å². The quantitative estimate of drug-likeness (QED) is 0.532. The first-order valence-electron chi connectivity index (χ1n) is 12.4. The summed E-state index contributed by atoms with van der Waals surface area (Å²) < 4.78 is 25.3. The second-order valence-corrected chi connectivity index (χ2v) is 8.52. The van der Waals surface area contributed by atoms with E-state index in [0.29, 0.717) is 23.0 Å². The first kappa shape index (κ1) is 18.4. The molecule has 1 fully saturated rings.